The van der Waals surface area contributed by atoms with Crippen molar-refractivity contribution in [1.29, 1.82) is 0 Å². The average Bonchev–Trinajstić information content (AvgIpc) is 2.62. The second-order valence-corrected chi connectivity index (χ2v) is 6.73. The molecule has 0 bridgehead atoms. The zero-order chi connectivity index (χ0) is 18.8. The standard InChI is InChI=1S/C16H28N2.C6H7N/c1-7-11(3)17-15-9-10-16(14(6)13(15)5)18-12(4)8-2;7-6-4-2-1-3-5-6/h9-12,17-18H,7-8H2,1-6H3;1-5H,7H2. The van der Waals surface area contributed by atoms with Crippen LogP contribution in [0.25, 0.3) is 0 Å². The van der Waals surface area contributed by atoms with Crippen molar-refractivity contribution in [2.45, 2.75) is 66.5 Å². The van der Waals surface area contributed by atoms with Crippen molar-refractivity contribution in [1.82, 2.24) is 0 Å². The lowest BCUT2D eigenvalue weighted by Gasteiger charge is -2.21. The molecule has 2 aromatic carbocycles. The largest absolute Gasteiger partial charge is 0.399 e. The molecule has 0 saturated heterocycles. The lowest BCUT2D eigenvalue weighted by atomic mass is 10.0. The molecule has 0 aliphatic heterocycles. The molecule has 0 spiro atoms. The van der Waals surface area contributed by atoms with Gasteiger partial charge in [-0.05, 0) is 75.9 Å². The van der Waals surface area contributed by atoms with Gasteiger partial charge in [-0.15, -0.1) is 0 Å². The highest BCUT2D eigenvalue weighted by Crippen LogP contribution is 2.27. The van der Waals surface area contributed by atoms with Gasteiger partial charge < -0.3 is 16.4 Å². The summed E-state index contributed by atoms with van der Waals surface area (Å²) in [6.07, 6.45) is 2.29. The molecule has 0 aliphatic rings. The first-order chi connectivity index (χ1) is 11.9. The van der Waals surface area contributed by atoms with E-state index in [0.29, 0.717) is 12.1 Å². The molecule has 0 fully saturated rings. The second-order valence-electron chi connectivity index (χ2n) is 6.73. The molecule has 2 aromatic rings. The first-order valence-corrected chi connectivity index (χ1v) is 9.32. The van der Waals surface area contributed by atoms with Crippen LogP contribution in [-0.4, -0.2) is 12.1 Å². The van der Waals surface area contributed by atoms with Gasteiger partial charge in [0, 0.05) is 29.1 Å². The van der Waals surface area contributed by atoms with E-state index in [9.17, 15) is 0 Å². The van der Waals surface area contributed by atoms with Gasteiger partial charge in [0.2, 0.25) is 0 Å². The Morgan fingerprint density at radius 1 is 0.760 bits per heavy atom. The molecule has 3 nitrogen and oxygen atoms in total. The minimum atomic E-state index is 0.525. The molecule has 25 heavy (non-hydrogen) atoms. The highest BCUT2D eigenvalue weighted by atomic mass is 14.9. The molecule has 0 saturated carbocycles. The number of rotatable bonds is 6. The maximum atomic E-state index is 5.36. The first-order valence-electron chi connectivity index (χ1n) is 9.32. The van der Waals surface area contributed by atoms with E-state index >= 15 is 0 Å². The number of nitrogens with two attached hydrogens (primary N) is 1. The molecular weight excluding hydrogens is 306 g/mol. The Morgan fingerprint density at radius 2 is 1.16 bits per heavy atom. The van der Waals surface area contributed by atoms with E-state index in [1.165, 1.54) is 22.5 Å². The molecule has 138 valence electrons. The molecule has 0 aromatic heterocycles. The fourth-order valence-electron chi connectivity index (χ4n) is 2.32. The highest BCUT2D eigenvalue weighted by Gasteiger charge is 2.09. The van der Waals surface area contributed by atoms with Crippen molar-refractivity contribution >= 4 is 17.1 Å². The van der Waals surface area contributed by atoms with E-state index in [4.69, 9.17) is 5.73 Å². The summed E-state index contributed by atoms with van der Waals surface area (Å²) in [7, 11) is 0. The summed E-state index contributed by atoms with van der Waals surface area (Å²) in [4.78, 5) is 0. The lowest BCUT2D eigenvalue weighted by molar-refractivity contribution is 0.759. The van der Waals surface area contributed by atoms with Gasteiger partial charge in [0.1, 0.15) is 0 Å². The Morgan fingerprint density at radius 3 is 1.44 bits per heavy atom. The van der Waals surface area contributed by atoms with Crippen molar-refractivity contribution in [3.63, 3.8) is 0 Å². The zero-order valence-electron chi connectivity index (χ0n) is 16.7. The summed E-state index contributed by atoms with van der Waals surface area (Å²) in [5, 5.41) is 7.13. The minimum Gasteiger partial charge on any atom is -0.399 e. The van der Waals surface area contributed by atoms with Crippen LogP contribution in [0.3, 0.4) is 0 Å². The number of nitrogens with one attached hydrogen (secondary N) is 2. The first kappa shape index (κ1) is 20.9. The fourth-order valence-corrected chi connectivity index (χ4v) is 2.32. The van der Waals surface area contributed by atoms with Gasteiger partial charge >= 0.3 is 0 Å². The van der Waals surface area contributed by atoms with Crippen LogP contribution in [0.1, 0.15) is 51.7 Å². The number of hydrogen-bond donors (Lipinski definition) is 3. The summed E-state index contributed by atoms with van der Waals surface area (Å²) >= 11 is 0. The number of anilines is 3. The van der Waals surface area contributed by atoms with Gasteiger partial charge in [-0.25, -0.2) is 0 Å². The van der Waals surface area contributed by atoms with E-state index in [0.717, 1.165) is 18.5 Å². The zero-order valence-corrected chi connectivity index (χ0v) is 16.7. The van der Waals surface area contributed by atoms with Crippen molar-refractivity contribution in [3.05, 3.63) is 53.6 Å². The maximum absolute atomic E-state index is 5.36. The van der Waals surface area contributed by atoms with Gasteiger partial charge in [0.15, 0.2) is 0 Å². The highest BCUT2D eigenvalue weighted by molar-refractivity contribution is 5.65. The third-order valence-electron chi connectivity index (χ3n) is 4.62. The third kappa shape index (κ3) is 7.08. The van der Waals surface area contributed by atoms with Crippen LogP contribution in [0.5, 0.6) is 0 Å². The topological polar surface area (TPSA) is 50.1 Å². The lowest BCUT2D eigenvalue weighted by Crippen LogP contribution is -2.17. The van der Waals surface area contributed by atoms with E-state index < -0.39 is 0 Å². The predicted molar refractivity (Wildman–Crippen MR) is 114 cm³/mol. The van der Waals surface area contributed by atoms with Crippen LogP contribution in [0.4, 0.5) is 17.1 Å². The molecule has 0 amide bonds. The van der Waals surface area contributed by atoms with E-state index in [1.54, 1.807) is 0 Å². The molecule has 3 heteroatoms. The smallest absolute Gasteiger partial charge is 0.0376 e. The number of para-hydroxylation sites is 1. The number of hydrogen-bond acceptors (Lipinski definition) is 3. The van der Waals surface area contributed by atoms with Crippen molar-refractivity contribution in [3.8, 4) is 0 Å². The van der Waals surface area contributed by atoms with Crippen LogP contribution < -0.4 is 16.4 Å². The van der Waals surface area contributed by atoms with Gasteiger partial charge in [-0.2, -0.15) is 0 Å². The van der Waals surface area contributed by atoms with Crippen molar-refractivity contribution in [2.24, 2.45) is 0 Å². The molecular formula is C22H35N3. The normalized spacial score (nSPS) is 12.6. The average molecular weight is 342 g/mol. The quantitative estimate of drug-likeness (QED) is 0.565. The van der Waals surface area contributed by atoms with Crippen LogP contribution in [0.2, 0.25) is 0 Å². The summed E-state index contributed by atoms with van der Waals surface area (Å²) in [6.45, 7) is 13.3. The molecule has 0 heterocycles. The molecule has 0 aliphatic carbocycles. The molecule has 2 atom stereocenters. The Labute approximate surface area is 154 Å². The Hall–Kier alpha value is -2.16. The van der Waals surface area contributed by atoms with Crippen LogP contribution in [0, 0.1) is 13.8 Å². The Balaban J connectivity index is 0.000000370. The molecule has 4 N–H and O–H groups in total. The van der Waals surface area contributed by atoms with Gasteiger partial charge in [0.25, 0.3) is 0 Å². The van der Waals surface area contributed by atoms with Crippen LogP contribution in [-0.2, 0) is 0 Å². The fraction of sp³-hybridized carbons (Fsp3) is 0.455. The summed E-state index contributed by atoms with van der Waals surface area (Å²) in [6, 6.07) is 14.9. The van der Waals surface area contributed by atoms with Crippen LogP contribution >= 0.6 is 0 Å². The van der Waals surface area contributed by atoms with Gasteiger partial charge in [-0.3, -0.25) is 0 Å². The van der Waals surface area contributed by atoms with E-state index in [2.05, 4.69) is 64.3 Å². The number of benzene rings is 2. The Kier molecular flexibility index (Phi) is 8.90. The minimum absolute atomic E-state index is 0.525. The second kappa shape index (κ2) is 10.7. The van der Waals surface area contributed by atoms with Gasteiger partial charge in [0.05, 0.1) is 0 Å². The van der Waals surface area contributed by atoms with Crippen molar-refractivity contribution < 1.29 is 0 Å². The van der Waals surface area contributed by atoms with E-state index in [-0.39, 0.29) is 0 Å². The molecule has 0 radical (unpaired) electrons. The van der Waals surface area contributed by atoms with Crippen molar-refractivity contribution in [2.75, 3.05) is 16.4 Å². The summed E-state index contributed by atoms with van der Waals surface area (Å²) < 4.78 is 0. The van der Waals surface area contributed by atoms with Gasteiger partial charge in [-0.1, -0.05) is 32.0 Å². The van der Waals surface area contributed by atoms with Crippen LogP contribution in [0.15, 0.2) is 42.5 Å². The molecule has 2 rings (SSSR count). The number of nitrogen functional groups attached to an aromatic ring is 1. The monoisotopic (exact) mass is 341 g/mol. The third-order valence-corrected chi connectivity index (χ3v) is 4.62. The SMILES string of the molecule is CCC(C)Nc1ccc(NC(C)CC)c(C)c1C.Nc1ccccc1. The van der Waals surface area contributed by atoms with E-state index in [1.807, 2.05) is 30.3 Å². The summed E-state index contributed by atoms with van der Waals surface area (Å²) in [5.41, 5.74) is 11.4. The predicted octanol–water partition coefficient (Wildman–Crippen LogP) is 5.99. The summed E-state index contributed by atoms with van der Waals surface area (Å²) in [5.74, 6) is 0. The maximum Gasteiger partial charge on any atom is 0.0376 e. The Bertz CT molecular complexity index is 586. The molecule has 2 unspecified atom stereocenters.